The standard InChI is InChI=1S/C46H83N7O13/c1-12-13-14-18-22-35(54)30(4)42(61)53(11)34(25-29(2)3)40(59)52-37(31-20-16-15-17-21-31)41(60)50-32(26-49-44(63)66-46(8,9)10)39(58)51-33(38(57)48-27-36(55)56)28-64-24-19-23-47-43(62)65-45(5,6)7/h29-35,37,54H,12-28H2,1-11H3,(H,47,62)(H,48,57)(H,49,63)(H,50,60)(H,51,58)(H,52,59)(H,55,56)/t30-,32+,33+,34+,35-,37+/m1/s1. The third-order valence-electron chi connectivity index (χ3n) is 10.8. The van der Waals surface area contributed by atoms with Crippen molar-refractivity contribution in [3.8, 4) is 0 Å². The fourth-order valence-electron chi connectivity index (χ4n) is 7.26. The first-order chi connectivity index (χ1) is 30.8. The van der Waals surface area contributed by atoms with Gasteiger partial charge < -0.3 is 61.2 Å². The van der Waals surface area contributed by atoms with Gasteiger partial charge in [0.25, 0.3) is 0 Å². The number of carbonyl (C=O) groups is 8. The van der Waals surface area contributed by atoms with Crippen molar-refractivity contribution >= 4 is 47.7 Å². The minimum absolute atomic E-state index is 0.00857. The monoisotopic (exact) mass is 942 g/mol. The molecule has 0 aromatic carbocycles. The Morgan fingerprint density at radius 1 is 0.712 bits per heavy atom. The van der Waals surface area contributed by atoms with E-state index in [0.717, 1.165) is 44.9 Å². The number of alkyl carbamates (subject to hydrolysis) is 2. The molecule has 380 valence electrons. The van der Waals surface area contributed by atoms with Crippen molar-refractivity contribution < 1.29 is 62.8 Å². The zero-order valence-electron chi connectivity index (χ0n) is 41.5. The Morgan fingerprint density at radius 3 is 1.86 bits per heavy atom. The number of carbonyl (C=O) groups excluding carboxylic acids is 7. The highest BCUT2D eigenvalue weighted by molar-refractivity contribution is 5.96. The Bertz CT molecular complexity index is 1560. The molecule has 1 rings (SSSR count). The van der Waals surface area contributed by atoms with E-state index in [4.69, 9.17) is 14.2 Å². The molecule has 0 radical (unpaired) electrons. The predicted molar refractivity (Wildman–Crippen MR) is 247 cm³/mol. The Labute approximate surface area is 391 Å². The number of carboxylic acids is 1. The Kier molecular flexibility index (Phi) is 26.8. The van der Waals surface area contributed by atoms with Gasteiger partial charge in [-0.05, 0) is 85.5 Å². The second-order valence-corrected chi connectivity index (χ2v) is 19.7. The molecule has 0 bridgehead atoms. The molecule has 1 fully saturated rings. The van der Waals surface area contributed by atoms with Crippen molar-refractivity contribution in [3.63, 3.8) is 0 Å². The predicted octanol–water partition coefficient (Wildman–Crippen LogP) is 3.52. The summed E-state index contributed by atoms with van der Waals surface area (Å²) in [5.41, 5.74) is -1.62. The van der Waals surface area contributed by atoms with Crippen LogP contribution in [0, 0.1) is 17.8 Å². The molecule has 66 heavy (non-hydrogen) atoms. The molecule has 1 aliphatic carbocycles. The lowest BCUT2D eigenvalue weighted by molar-refractivity contribution is -0.146. The summed E-state index contributed by atoms with van der Waals surface area (Å²) in [6, 6.07) is -5.22. The van der Waals surface area contributed by atoms with Gasteiger partial charge in [0.05, 0.1) is 25.2 Å². The number of carboxylic acid groups (broad SMARTS) is 1. The fraction of sp³-hybridized carbons (Fsp3) is 0.826. The number of ether oxygens (including phenoxy) is 3. The van der Waals surface area contributed by atoms with E-state index in [2.05, 4.69) is 38.8 Å². The van der Waals surface area contributed by atoms with E-state index < -0.39 is 115 Å². The summed E-state index contributed by atoms with van der Waals surface area (Å²) >= 11 is 0. The van der Waals surface area contributed by atoms with Crippen molar-refractivity contribution in [1.82, 2.24) is 36.8 Å². The van der Waals surface area contributed by atoms with Crippen molar-refractivity contribution in [2.75, 3.05) is 39.9 Å². The Morgan fingerprint density at radius 2 is 1.30 bits per heavy atom. The number of unbranched alkanes of at least 4 members (excludes halogenated alkanes) is 3. The normalized spacial score (nSPS) is 16.0. The number of aliphatic hydroxyl groups is 1. The molecule has 1 aliphatic rings. The first kappa shape index (κ1) is 59.3. The van der Waals surface area contributed by atoms with Crippen LogP contribution in [0.15, 0.2) is 0 Å². The van der Waals surface area contributed by atoms with Crippen LogP contribution in [0.4, 0.5) is 9.59 Å². The number of rotatable bonds is 28. The lowest BCUT2D eigenvalue weighted by Gasteiger charge is -2.35. The van der Waals surface area contributed by atoms with Crippen molar-refractivity contribution in [3.05, 3.63) is 0 Å². The molecule has 0 aliphatic heterocycles. The molecule has 0 spiro atoms. The molecular weight excluding hydrogens is 859 g/mol. The van der Waals surface area contributed by atoms with E-state index in [0.29, 0.717) is 19.3 Å². The molecule has 6 atom stereocenters. The zero-order valence-corrected chi connectivity index (χ0v) is 41.5. The van der Waals surface area contributed by atoms with Crippen molar-refractivity contribution in [2.45, 2.75) is 188 Å². The summed E-state index contributed by atoms with van der Waals surface area (Å²) in [5, 5.41) is 35.5. The topological polar surface area (TPSA) is 280 Å². The van der Waals surface area contributed by atoms with E-state index in [1.54, 1.807) is 48.5 Å². The first-order valence-corrected chi connectivity index (χ1v) is 23.6. The summed E-state index contributed by atoms with van der Waals surface area (Å²) in [7, 11) is 1.52. The second kappa shape index (κ2) is 29.8. The number of hydrogen-bond acceptors (Lipinski definition) is 12. The highest BCUT2D eigenvalue weighted by atomic mass is 16.6. The maximum atomic E-state index is 14.5. The molecule has 7 amide bonds. The minimum Gasteiger partial charge on any atom is -0.480 e. The molecular formula is C46H83N7O13. The van der Waals surface area contributed by atoms with Crippen LogP contribution >= 0.6 is 0 Å². The third kappa shape index (κ3) is 24.7. The molecule has 1 saturated carbocycles. The first-order valence-electron chi connectivity index (χ1n) is 23.6. The van der Waals surface area contributed by atoms with Crippen molar-refractivity contribution in [2.24, 2.45) is 17.8 Å². The van der Waals surface area contributed by atoms with E-state index in [1.165, 1.54) is 11.9 Å². The Balaban J connectivity index is 3.44. The number of hydrogen-bond donors (Lipinski definition) is 8. The summed E-state index contributed by atoms with van der Waals surface area (Å²) in [6.45, 7) is 16.0. The van der Waals surface area contributed by atoms with Gasteiger partial charge in [0, 0.05) is 20.2 Å². The van der Waals surface area contributed by atoms with E-state index in [-0.39, 0.29) is 37.8 Å². The van der Waals surface area contributed by atoms with E-state index in [1.807, 2.05) is 13.8 Å². The number of aliphatic carboxylic acids is 1. The summed E-state index contributed by atoms with van der Waals surface area (Å²) in [6.07, 6.45) is 5.91. The number of nitrogens with one attached hydrogen (secondary N) is 6. The fourth-order valence-corrected chi connectivity index (χ4v) is 7.26. The SMILES string of the molecule is CCCCCC[C@@H](O)[C@@H](C)C(=O)N(C)[C@@H](CC(C)C)C(=O)N[C@H](C(=O)N[C@@H](CNC(=O)OC(C)(C)C)C(=O)N[C@@H](COCCCNC(=O)OC(C)(C)C)C(=O)NCC(=O)O)C1CCCCC1. The maximum absolute atomic E-state index is 14.5. The average molecular weight is 942 g/mol. The van der Waals surface area contributed by atoms with Crippen LogP contribution in [-0.4, -0.2) is 144 Å². The molecule has 20 heteroatoms. The van der Waals surface area contributed by atoms with Crippen LogP contribution in [-0.2, 0) is 43.0 Å². The maximum Gasteiger partial charge on any atom is 0.407 e. The molecule has 0 unspecified atom stereocenters. The minimum atomic E-state index is -1.56. The highest BCUT2D eigenvalue weighted by Crippen LogP contribution is 2.28. The van der Waals surface area contributed by atoms with Gasteiger partial charge in [-0.1, -0.05) is 72.6 Å². The largest absolute Gasteiger partial charge is 0.480 e. The number of likely N-dealkylation sites (N-methyl/N-ethyl adjacent to an activating group) is 1. The summed E-state index contributed by atoms with van der Waals surface area (Å²) in [5.74, 6) is -6.15. The number of amides is 7. The Hall–Kier alpha value is -4.72. The number of nitrogens with zero attached hydrogens (tertiary/aromatic N) is 1. The van der Waals surface area contributed by atoms with Gasteiger partial charge in [-0.15, -0.1) is 0 Å². The molecule has 8 N–H and O–H groups in total. The van der Waals surface area contributed by atoms with Gasteiger partial charge in [-0.3, -0.25) is 28.8 Å². The quantitative estimate of drug-likeness (QED) is 0.0522. The van der Waals surface area contributed by atoms with E-state index >= 15 is 0 Å². The van der Waals surface area contributed by atoms with E-state index in [9.17, 15) is 48.6 Å². The lowest BCUT2D eigenvalue weighted by atomic mass is 9.83. The molecule has 0 saturated heterocycles. The van der Waals surface area contributed by atoms with Gasteiger partial charge in [-0.25, -0.2) is 9.59 Å². The molecule has 20 nitrogen and oxygen atoms in total. The molecule has 0 aromatic heterocycles. The van der Waals surface area contributed by atoms with Gasteiger partial charge in [-0.2, -0.15) is 0 Å². The average Bonchev–Trinajstić information content (AvgIpc) is 3.22. The van der Waals surface area contributed by atoms with Crippen LogP contribution in [0.2, 0.25) is 0 Å². The summed E-state index contributed by atoms with van der Waals surface area (Å²) in [4.78, 5) is 107. The van der Waals surface area contributed by atoms with Gasteiger partial charge in [0.15, 0.2) is 0 Å². The number of aliphatic hydroxyl groups excluding tert-OH is 1. The van der Waals surface area contributed by atoms with Crippen molar-refractivity contribution in [1.29, 1.82) is 0 Å². The highest BCUT2D eigenvalue weighted by Gasteiger charge is 2.39. The lowest BCUT2D eigenvalue weighted by Crippen LogP contribution is -2.62. The zero-order chi connectivity index (χ0) is 50.2. The summed E-state index contributed by atoms with van der Waals surface area (Å²) < 4.78 is 16.2. The van der Waals surface area contributed by atoms with Crippen LogP contribution in [0.25, 0.3) is 0 Å². The molecule has 0 heterocycles. The van der Waals surface area contributed by atoms with Crippen LogP contribution < -0.4 is 31.9 Å². The third-order valence-corrected chi connectivity index (χ3v) is 10.8. The van der Waals surface area contributed by atoms with Gasteiger partial charge in [0.1, 0.15) is 41.9 Å². The second-order valence-electron chi connectivity index (χ2n) is 19.7. The van der Waals surface area contributed by atoms with Gasteiger partial charge in [0.2, 0.25) is 29.5 Å². The van der Waals surface area contributed by atoms with Crippen LogP contribution in [0.1, 0.15) is 146 Å². The smallest absolute Gasteiger partial charge is 0.407 e. The van der Waals surface area contributed by atoms with Gasteiger partial charge >= 0.3 is 18.2 Å². The molecule has 0 aromatic rings. The van der Waals surface area contributed by atoms with Crippen LogP contribution in [0.5, 0.6) is 0 Å². The van der Waals surface area contributed by atoms with Crippen LogP contribution in [0.3, 0.4) is 0 Å².